The second kappa shape index (κ2) is 6.33. The van der Waals surface area contributed by atoms with E-state index in [4.69, 9.17) is 11.6 Å². The number of hydrogen-bond donors (Lipinski definition) is 1. The van der Waals surface area contributed by atoms with E-state index in [0.29, 0.717) is 12.2 Å². The molecule has 6 nitrogen and oxygen atoms in total. The fraction of sp³-hybridized carbons (Fsp3) is 0.143. The number of nitro groups is 1. The van der Waals surface area contributed by atoms with Gasteiger partial charge in [0.1, 0.15) is 5.69 Å². The minimum atomic E-state index is -3.23. The number of hydrogen-bond acceptors (Lipinski definition) is 5. The molecule has 2 aromatic rings. The average molecular weight is 341 g/mol. The molecule has 0 unspecified atom stereocenters. The predicted molar refractivity (Wildman–Crippen MR) is 85.0 cm³/mol. The number of anilines is 1. The van der Waals surface area contributed by atoms with Crippen molar-refractivity contribution in [3.8, 4) is 0 Å². The van der Waals surface area contributed by atoms with Crippen LogP contribution in [0.15, 0.2) is 47.4 Å². The number of nitrogens with one attached hydrogen (secondary N) is 1. The Morgan fingerprint density at radius 3 is 2.36 bits per heavy atom. The van der Waals surface area contributed by atoms with Gasteiger partial charge in [0.05, 0.1) is 9.82 Å². The Morgan fingerprint density at radius 2 is 1.82 bits per heavy atom. The van der Waals surface area contributed by atoms with Crippen LogP contribution in [0.5, 0.6) is 0 Å². The van der Waals surface area contributed by atoms with Crippen LogP contribution in [0.25, 0.3) is 0 Å². The lowest BCUT2D eigenvalue weighted by molar-refractivity contribution is -0.383. The molecule has 0 aliphatic carbocycles. The van der Waals surface area contributed by atoms with Crippen molar-refractivity contribution < 1.29 is 13.3 Å². The van der Waals surface area contributed by atoms with Crippen molar-refractivity contribution in [2.45, 2.75) is 11.4 Å². The largest absolute Gasteiger partial charge is 0.375 e. The molecule has 0 aliphatic heterocycles. The van der Waals surface area contributed by atoms with Crippen LogP contribution in [-0.4, -0.2) is 19.6 Å². The normalized spacial score (nSPS) is 11.2. The highest BCUT2D eigenvalue weighted by molar-refractivity contribution is 7.90. The zero-order valence-electron chi connectivity index (χ0n) is 11.6. The first-order valence-electron chi connectivity index (χ1n) is 6.24. The second-order valence-electron chi connectivity index (χ2n) is 4.69. The first kappa shape index (κ1) is 16.3. The van der Waals surface area contributed by atoms with Crippen LogP contribution in [0.1, 0.15) is 5.56 Å². The van der Waals surface area contributed by atoms with Crippen LogP contribution in [-0.2, 0) is 16.4 Å². The van der Waals surface area contributed by atoms with E-state index in [1.165, 1.54) is 24.3 Å². The summed E-state index contributed by atoms with van der Waals surface area (Å²) in [4.78, 5) is 10.7. The van der Waals surface area contributed by atoms with Crippen LogP contribution in [0.2, 0.25) is 5.02 Å². The molecule has 2 aromatic carbocycles. The third-order valence-corrected chi connectivity index (χ3v) is 4.35. The van der Waals surface area contributed by atoms with Gasteiger partial charge in [-0.1, -0.05) is 23.7 Å². The van der Waals surface area contributed by atoms with Crippen molar-refractivity contribution in [2.24, 2.45) is 0 Å². The lowest BCUT2D eigenvalue weighted by Crippen LogP contribution is -2.03. The summed E-state index contributed by atoms with van der Waals surface area (Å²) in [5.41, 5.74) is 1.04. The van der Waals surface area contributed by atoms with Crippen molar-refractivity contribution in [1.29, 1.82) is 0 Å². The van der Waals surface area contributed by atoms with Crippen LogP contribution < -0.4 is 5.32 Å². The highest BCUT2D eigenvalue weighted by Crippen LogP contribution is 2.28. The highest BCUT2D eigenvalue weighted by Gasteiger charge is 2.14. The summed E-state index contributed by atoms with van der Waals surface area (Å²) in [5, 5.41) is 14.2. The van der Waals surface area contributed by atoms with E-state index < -0.39 is 14.8 Å². The Hall–Kier alpha value is -2.12. The molecule has 0 spiro atoms. The van der Waals surface area contributed by atoms with Crippen molar-refractivity contribution in [2.75, 3.05) is 11.6 Å². The van der Waals surface area contributed by atoms with Gasteiger partial charge in [-0.2, -0.15) is 0 Å². The first-order valence-corrected chi connectivity index (χ1v) is 8.51. The van der Waals surface area contributed by atoms with E-state index in [-0.39, 0.29) is 15.6 Å². The zero-order valence-corrected chi connectivity index (χ0v) is 13.2. The second-order valence-corrected chi connectivity index (χ2v) is 7.14. The van der Waals surface area contributed by atoms with Gasteiger partial charge in [-0.3, -0.25) is 10.1 Å². The van der Waals surface area contributed by atoms with Crippen LogP contribution in [0.3, 0.4) is 0 Å². The van der Waals surface area contributed by atoms with Gasteiger partial charge < -0.3 is 5.32 Å². The van der Waals surface area contributed by atoms with E-state index in [2.05, 4.69) is 5.32 Å². The molecular formula is C14H13ClN2O4S. The maximum atomic E-state index is 11.4. The van der Waals surface area contributed by atoms with E-state index in [0.717, 1.165) is 11.8 Å². The summed E-state index contributed by atoms with van der Waals surface area (Å²) >= 11 is 5.75. The summed E-state index contributed by atoms with van der Waals surface area (Å²) in [6.07, 6.45) is 1.14. The number of halogens is 1. The third-order valence-electron chi connectivity index (χ3n) is 2.99. The molecule has 0 fully saturated rings. The fourth-order valence-electron chi connectivity index (χ4n) is 1.86. The monoisotopic (exact) mass is 340 g/mol. The Kier molecular flexibility index (Phi) is 4.68. The molecule has 0 atom stereocenters. The predicted octanol–water partition coefficient (Wildman–Crippen LogP) is 3.26. The fourth-order valence-corrected chi connectivity index (χ4v) is 2.65. The standard InChI is InChI=1S/C14H13ClN2O4S/c1-22(20,21)12-5-2-10(3-6-12)9-16-13-7-4-11(15)8-14(13)17(18)19/h2-8,16H,9H2,1H3. The molecule has 1 N–H and O–H groups in total. The molecule has 0 saturated heterocycles. The molecule has 0 saturated carbocycles. The molecule has 0 heterocycles. The first-order chi connectivity index (χ1) is 10.3. The van der Waals surface area contributed by atoms with Gasteiger partial charge in [0.2, 0.25) is 0 Å². The summed E-state index contributed by atoms with van der Waals surface area (Å²) in [6.45, 7) is 0.326. The summed E-state index contributed by atoms with van der Waals surface area (Å²) in [7, 11) is -3.23. The molecule has 0 amide bonds. The van der Waals surface area contributed by atoms with Gasteiger partial charge >= 0.3 is 0 Å². The minimum absolute atomic E-state index is 0.111. The van der Waals surface area contributed by atoms with Crippen LogP contribution in [0.4, 0.5) is 11.4 Å². The Bertz CT molecular complexity index is 804. The molecule has 0 radical (unpaired) electrons. The quantitative estimate of drug-likeness (QED) is 0.666. The Morgan fingerprint density at radius 1 is 1.18 bits per heavy atom. The van der Waals surface area contributed by atoms with E-state index >= 15 is 0 Å². The topological polar surface area (TPSA) is 89.3 Å². The van der Waals surface area contributed by atoms with E-state index in [9.17, 15) is 18.5 Å². The number of nitrogens with zero attached hydrogens (tertiary/aromatic N) is 1. The average Bonchev–Trinajstić information content (AvgIpc) is 2.45. The molecule has 0 aliphatic rings. The Balaban J connectivity index is 2.15. The van der Waals surface area contributed by atoms with Gasteiger partial charge in [-0.25, -0.2) is 8.42 Å². The maximum absolute atomic E-state index is 11.4. The number of rotatable bonds is 5. The maximum Gasteiger partial charge on any atom is 0.293 e. The van der Waals surface area contributed by atoms with Gasteiger partial charge in [-0.05, 0) is 29.8 Å². The van der Waals surface area contributed by atoms with Crippen molar-refractivity contribution >= 4 is 32.8 Å². The summed E-state index contributed by atoms with van der Waals surface area (Å²) < 4.78 is 22.7. The molecule has 8 heteroatoms. The van der Waals surface area contributed by atoms with Crippen molar-refractivity contribution in [3.05, 3.63) is 63.2 Å². The summed E-state index contributed by atoms with van der Waals surface area (Å²) in [6, 6.07) is 10.7. The molecule has 22 heavy (non-hydrogen) atoms. The highest BCUT2D eigenvalue weighted by atomic mass is 35.5. The van der Waals surface area contributed by atoms with Gasteiger partial charge in [0, 0.05) is 23.9 Å². The Labute approximate surface area is 132 Å². The van der Waals surface area contributed by atoms with Gasteiger partial charge in [0.15, 0.2) is 9.84 Å². The third kappa shape index (κ3) is 3.96. The minimum Gasteiger partial charge on any atom is -0.375 e. The van der Waals surface area contributed by atoms with E-state index in [1.54, 1.807) is 18.2 Å². The van der Waals surface area contributed by atoms with Crippen molar-refractivity contribution in [3.63, 3.8) is 0 Å². The molecule has 0 bridgehead atoms. The number of sulfone groups is 1. The lowest BCUT2D eigenvalue weighted by Gasteiger charge is -2.08. The van der Waals surface area contributed by atoms with Gasteiger partial charge in [-0.15, -0.1) is 0 Å². The zero-order chi connectivity index (χ0) is 16.3. The molecular weight excluding hydrogens is 328 g/mol. The van der Waals surface area contributed by atoms with E-state index in [1.807, 2.05) is 0 Å². The lowest BCUT2D eigenvalue weighted by atomic mass is 10.2. The summed E-state index contributed by atoms with van der Waals surface area (Å²) in [5.74, 6) is 0. The van der Waals surface area contributed by atoms with Crippen LogP contribution in [0, 0.1) is 10.1 Å². The van der Waals surface area contributed by atoms with Gasteiger partial charge in [0.25, 0.3) is 5.69 Å². The molecule has 116 valence electrons. The van der Waals surface area contributed by atoms with Crippen molar-refractivity contribution in [1.82, 2.24) is 0 Å². The smallest absolute Gasteiger partial charge is 0.293 e. The molecule has 2 rings (SSSR count). The molecule has 0 aromatic heterocycles. The van der Waals surface area contributed by atoms with Crippen LogP contribution >= 0.6 is 11.6 Å². The number of nitro benzene ring substituents is 1. The SMILES string of the molecule is CS(=O)(=O)c1ccc(CNc2ccc(Cl)cc2[N+](=O)[O-])cc1. The number of benzene rings is 2.